The van der Waals surface area contributed by atoms with Crippen LogP contribution in [-0.2, 0) is 10.0 Å². The first-order valence-electron chi connectivity index (χ1n) is 10.0. The van der Waals surface area contributed by atoms with Gasteiger partial charge in [-0.25, -0.2) is 17.4 Å². The Morgan fingerprint density at radius 2 is 1.96 bits per heavy atom. The lowest BCUT2D eigenvalue weighted by atomic mass is 9.59. The lowest BCUT2D eigenvalue weighted by Crippen LogP contribution is -2.51. The highest BCUT2D eigenvalue weighted by atomic mass is 32.2. The van der Waals surface area contributed by atoms with Crippen LogP contribution in [0.15, 0.2) is 6.20 Å². The van der Waals surface area contributed by atoms with E-state index in [1.54, 1.807) is 10.5 Å². The molecule has 8 nitrogen and oxygen atoms in total. The Morgan fingerprint density at radius 3 is 2.52 bits per heavy atom. The Labute approximate surface area is 160 Å². The number of nitrogens with one attached hydrogen (secondary N) is 1. The van der Waals surface area contributed by atoms with Gasteiger partial charge >= 0.3 is 0 Å². The van der Waals surface area contributed by atoms with Gasteiger partial charge in [0.1, 0.15) is 0 Å². The number of aromatic nitrogens is 3. The molecule has 3 fully saturated rings. The summed E-state index contributed by atoms with van der Waals surface area (Å²) in [5.74, 6) is 0.199. The molecule has 150 valence electrons. The molecule has 1 N–H and O–H groups in total. The molecule has 4 rings (SSSR count). The molecule has 1 spiro atoms. The van der Waals surface area contributed by atoms with Crippen LogP contribution in [0.2, 0.25) is 0 Å². The Bertz CT molecular complexity index is 807. The van der Waals surface area contributed by atoms with Gasteiger partial charge < -0.3 is 5.32 Å². The zero-order valence-electron chi connectivity index (χ0n) is 16.1. The summed E-state index contributed by atoms with van der Waals surface area (Å²) in [6.45, 7) is 5.91. The normalized spacial score (nSPS) is 25.5. The molecule has 0 aromatic carbocycles. The van der Waals surface area contributed by atoms with Crippen molar-refractivity contribution in [3.05, 3.63) is 11.9 Å². The Kier molecular flexibility index (Phi) is 4.78. The molecule has 1 saturated heterocycles. The largest absolute Gasteiger partial charge is 0.350 e. The Morgan fingerprint density at radius 1 is 1.26 bits per heavy atom. The zero-order valence-corrected chi connectivity index (χ0v) is 16.9. The van der Waals surface area contributed by atoms with Crippen molar-refractivity contribution < 1.29 is 13.2 Å². The minimum atomic E-state index is -3.08. The van der Waals surface area contributed by atoms with Crippen molar-refractivity contribution in [3.8, 4) is 0 Å². The van der Waals surface area contributed by atoms with Crippen molar-refractivity contribution in [2.45, 2.75) is 63.7 Å². The lowest BCUT2D eigenvalue weighted by molar-refractivity contribution is -0.0160. The fourth-order valence-electron chi connectivity index (χ4n) is 4.36. The molecule has 0 bridgehead atoms. The molecule has 1 aromatic heterocycles. The summed E-state index contributed by atoms with van der Waals surface area (Å²) in [5.41, 5.74) is 0.445. The number of piperidine rings is 1. The summed E-state index contributed by atoms with van der Waals surface area (Å²) in [5, 5.41) is 11.0. The molecule has 1 unspecified atom stereocenters. The van der Waals surface area contributed by atoms with E-state index < -0.39 is 10.0 Å². The fraction of sp³-hybridized carbons (Fsp3) is 0.833. The zero-order chi connectivity index (χ0) is 19.2. The third-order valence-electron chi connectivity index (χ3n) is 6.38. The molecule has 3 aliphatic rings. The number of nitrogens with zero attached hydrogens (tertiary/aromatic N) is 4. The molecule has 1 aromatic rings. The Balaban J connectivity index is 1.39. The topological polar surface area (TPSA) is 97.2 Å². The number of amides is 1. The predicted molar refractivity (Wildman–Crippen MR) is 101 cm³/mol. The van der Waals surface area contributed by atoms with Gasteiger partial charge in [0.05, 0.1) is 17.5 Å². The predicted octanol–water partition coefficient (Wildman–Crippen LogP) is 1.57. The second-order valence-electron chi connectivity index (χ2n) is 8.75. The first-order chi connectivity index (χ1) is 12.8. The summed E-state index contributed by atoms with van der Waals surface area (Å²) < 4.78 is 28.4. The molecular weight excluding hydrogens is 366 g/mol. The van der Waals surface area contributed by atoms with Gasteiger partial charge in [0, 0.05) is 19.6 Å². The number of hydrogen-bond acceptors (Lipinski definition) is 5. The van der Waals surface area contributed by atoms with Crippen molar-refractivity contribution in [1.29, 1.82) is 0 Å². The molecule has 2 saturated carbocycles. The highest BCUT2D eigenvalue weighted by Crippen LogP contribution is 2.56. The third kappa shape index (κ3) is 3.51. The van der Waals surface area contributed by atoms with E-state index in [4.69, 9.17) is 0 Å². The molecule has 0 radical (unpaired) electrons. The van der Waals surface area contributed by atoms with Crippen molar-refractivity contribution in [2.75, 3.05) is 19.6 Å². The van der Waals surface area contributed by atoms with E-state index in [0.29, 0.717) is 31.2 Å². The van der Waals surface area contributed by atoms with Gasteiger partial charge in [0.2, 0.25) is 10.0 Å². The van der Waals surface area contributed by atoms with Crippen LogP contribution in [0.4, 0.5) is 0 Å². The van der Waals surface area contributed by atoms with Gasteiger partial charge in [0.15, 0.2) is 5.69 Å². The van der Waals surface area contributed by atoms with Gasteiger partial charge in [-0.15, -0.1) is 5.10 Å². The molecule has 1 amide bonds. The third-order valence-corrected chi connectivity index (χ3v) is 8.78. The first kappa shape index (κ1) is 18.9. The van der Waals surface area contributed by atoms with E-state index in [1.165, 1.54) is 0 Å². The van der Waals surface area contributed by atoms with Crippen molar-refractivity contribution in [3.63, 3.8) is 0 Å². The van der Waals surface area contributed by atoms with E-state index in [2.05, 4.69) is 15.6 Å². The number of carbonyl (C=O) groups is 1. The molecule has 2 aliphatic carbocycles. The summed E-state index contributed by atoms with van der Waals surface area (Å²) in [7, 11) is -3.08. The van der Waals surface area contributed by atoms with Crippen LogP contribution in [0, 0.1) is 11.3 Å². The van der Waals surface area contributed by atoms with Crippen molar-refractivity contribution >= 4 is 15.9 Å². The average molecular weight is 396 g/mol. The monoisotopic (exact) mass is 395 g/mol. The molecule has 9 heteroatoms. The molecular formula is C18H29N5O3S. The van der Waals surface area contributed by atoms with Crippen LogP contribution in [-0.4, -0.2) is 58.5 Å². The highest BCUT2D eigenvalue weighted by Gasteiger charge is 2.52. The standard InChI is InChI=1S/C18H29N5O3S/c1-13(2)11-19-17(24)15-12-23(21-20-15)16-5-6-18(16)7-9-22(10-8-18)27(25,26)14-3-4-14/h12-14,16H,3-11H2,1-2H3,(H,19,24). The molecule has 1 atom stereocenters. The van der Waals surface area contributed by atoms with Crippen molar-refractivity contribution in [1.82, 2.24) is 24.6 Å². The van der Waals surface area contributed by atoms with E-state index in [9.17, 15) is 13.2 Å². The van der Waals surface area contributed by atoms with Crippen LogP contribution in [0.3, 0.4) is 0 Å². The second kappa shape index (κ2) is 6.84. The van der Waals surface area contributed by atoms with E-state index in [1.807, 2.05) is 18.5 Å². The molecule has 27 heavy (non-hydrogen) atoms. The van der Waals surface area contributed by atoms with Gasteiger partial charge in [-0.2, -0.15) is 0 Å². The maximum atomic E-state index is 12.5. The SMILES string of the molecule is CC(C)CNC(=O)c1cn(C2CCC23CCN(S(=O)(=O)C2CC2)CC3)nn1. The Hall–Kier alpha value is -1.48. The number of hydrogen-bond donors (Lipinski definition) is 1. The second-order valence-corrected chi connectivity index (χ2v) is 11.0. The van der Waals surface area contributed by atoms with Crippen LogP contribution in [0.5, 0.6) is 0 Å². The fourth-order valence-corrected chi connectivity index (χ4v) is 6.21. The van der Waals surface area contributed by atoms with Crippen LogP contribution >= 0.6 is 0 Å². The summed E-state index contributed by atoms with van der Waals surface area (Å²) in [6, 6.07) is 0.211. The minimum Gasteiger partial charge on any atom is -0.350 e. The van der Waals surface area contributed by atoms with Gasteiger partial charge in [-0.1, -0.05) is 19.1 Å². The van der Waals surface area contributed by atoms with E-state index >= 15 is 0 Å². The number of sulfonamides is 1. The average Bonchev–Trinajstić information content (AvgIpc) is 3.39. The van der Waals surface area contributed by atoms with Crippen molar-refractivity contribution in [2.24, 2.45) is 11.3 Å². The lowest BCUT2D eigenvalue weighted by Gasteiger charge is -2.53. The maximum Gasteiger partial charge on any atom is 0.273 e. The number of rotatable bonds is 6. The smallest absolute Gasteiger partial charge is 0.273 e. The first-order valence-corrected chi connectivity index (χ1v) is 11.5. The summed E-state index contributed by atoms with van der Waals surface area (Å²) >= 11 is 0. The summed E-state index contributed by atoms with van der Waals surface area (Å²) in [6.07, 6.45) is 7.18. The minimum absolute atomic E-state index is 0.0922. The van der Waals surface area contributed by atoms with Crippen LogP contribution < -0.4 is 5.32 Å². The molecule has 1 aliphatic heterocycles. The van der Waals surface area contributed by atoms with E-state index in [-0.39, 0.29) is 22.6 Å². The van der Waals surface area contributed by atoms with Crippen LogP contribution in [0.1, 0.15) is 68.9 Å². The summed E-state index contributed by atoms with van der Waals surface area (Å²) in [4.78, 5) is 12.2. The van der Waals surface area contributed by atoms with Gasteiger partial charge in [-0.3, -0.25) is 4.79 Å². The molecule has 2 heterocycles. The van der Waals surface area contributed by atoms with Crippen LogP contribution in [0.25, 0.3) is 0 Å². The maximum absolute atomic E-state index is 12.5. The van der Waals surface area contributed by atoms with Gasteiger partial charge in [-0.05, 0) is 49.9 Å². The quantitative estimate of drug-likeness (QED) is 0.789. The number of carbonyl (C=O) groups excluding carboxylic acids is 1. The van der Waals surface area contributed by atoms with E-state index in [0.717, 1.165) is 38.5 Å². The highest BCUT2D eigenvalue weighted by molar-refractivity contribution is 7.90. The van der Waals surface area contributed by atoms with Gasteiger partial charge in [0.25, 0.3) is 5.91 Å².